The SMILES string of the molecule is CC1CCCN(C(CN)c2cc(F)c(F)cc2F)C1C. The maximum absolute atomic E-state index is 14.0. The third-order valence-corrected chi connectivity index (χ3v) is 4.44. The van der Waals surface area contributed by atoms with Crippen LogP contribution in [0.4, 0.5) is 13.2 Å². The quantitative estimate of drug-likeness (QED) is 0.864. The summed E-state index contributed by atoms with van der Waals surface area (Å²) < 4.78 is 40.4. The van der Waals surface area contributed by atoms with E-state index in [1.54, 1.807) is 0 Å². The predicted molar refractivity (Wildman–Crippen MR) is 72.7 cm³/mol. The fourth-order valence-electron chi connectivity index (χ4n) is 3.04. The lowest BCUT2D eigenvalue weighted by molar-refractivity contribution is 0.0692. The minimum atomic E-state index is -1.16. The molecule has 1 aliphatic rings. The van der Waals surface area contributed by atoms with Gasteiger partial charge in [-0.25, -0.2) is 13.2 Å². The van der Waals surface area contributed by atoms with Crippen molar-refractivity contribution in [2.24, 2.45) is 11.7 Å². The summed E-state index contributed by atoms with van der Waals surface area (Å²) in [4.78, 5) is 2.10. The lowest BCUT2D eigenvalue weighted by Crippen LogP contribution is -2.46. The van der Waals surface area contributed by atoms with Crippen LogP contribution in [0.1, 0.15) is 38.3 Å². The van der Waals surface area contributed by atoms with Crippen molar-refractivity contribution in [2.45, 2.75) is 38.8 Å². The predicted octanol–water partition coefficient (Wildman–Crippen LogP) is 3.22. The maximum Gasteiger partial charge on any atom is 0.161 e. The van der Waals surface area contributed by atoms with Gasteiger partial charge in [-0.15, -0.1) is 0 Å². The average molecular weight is 286 g/mol. The third kappa shape index (κ3) is 2.83. The Labute approximate surface area is 117 Å². The van der Waals surface area contributed by atoms with Gasteiger partial charge in [0.1, 0.15) is 5.82 Å². The van der Waals surface area contributed by atoms with Crippen LogP contribution in [-0.4, -0.2) is 24.0 Å². The molecule has 0 aliphatic carbocycles. The molecule has 0 saturated carbocycles. The molecule has 2 rings (SSSR count). The molecule has 0 radical (unpaired) electrons. The Morgan fingerprint density at radius 3 is 2.50 bits per heavy atom. The van der Waals surface area contributed by atoms with Gasteiger partial charge in [-0.1, -0.05) is 6.92 Å². The van der Waals surface area contributed by atoms with Crippen LogP contribution < -0.4 is 5.73 Å². The molecule has 1 aliphatic heterocycles. The number of nitrogens with two attached hydrogens (primary N) is 1. The van der Waals surface area contributed by atoms with Crippen LogP contribution in [0.25, 0.3) is 0 Å². The minimum Gasteiger partial charge on any atom is -0.329 e. The second kappa shape index (κ2) is 6.14. The summed E-state index contributed by atoms with van der Waals surface area (Å²) in [5.41, 5.74) is 5.92. The number of benzene rings is 1. The van der Waals surface area contributed by atoms with E-state index in [2.05, 4.69) is 18.7 Å². The second-order valence-corrected chi connectivity index (χ2v) is 5.64. The zero-order chi connectivity index (χ0) is 14.9. The van der Waals surface area contributed by atoms with E-state index in [1.165, 1.54) is 0 Å². The number of rotatable bonds is 3. The van der Waals surface area contributed by atoms with Gasteiger partial charge in [0.05, 0.1) is 6.04 Å². The zero-order valence-corrected chi connectivity index (χ0v) is 11.9. The topological polar surface area (TPSA) is 29.3 Å². The van der Waals surface area contributed by atoms with Crippen LogP contribution in [0.5, 0.6) is 0 Å². The zero-order valence-electron chi connectivity index (χ0n) is 11.9. The largest absolute Gasteiger partial charge is 0.329 e. The molecule has 3 atom stereocenters. The van der Waals surface area contributed by atoms with Gasteiger partial charge < -0.3 is 5.73 Å². The second-order valence-electron chi connectivity index (χ2n) is 5.64. The van der Waals surface area contributed by atoms with Gasteiger partial charge in [0.2, 0.25) is 0 Å². The Balaban J connectivity index is 2.34. The monoisotopic (exact) mass is 286 g/mol. The molecule has 2 nitrogen and oxygen atoms in total. The summed E-state index contributed by atoms with van der Waals surface area (Å²) in [5, 5.41) is 0. The van der Waals surface area contributed by atoms with E-state index >= 15 is 0 Å². The highest BCUT2D eigenvalue weighted by molar-refractivity contribution is 5.24. The number of hydrogen-bond acceptors (Lipinski definition) is 2. The van der Waals surface area contributed by atoms with Crippen molar-refractivity contribution in [1.29, 1.82) is 0 Å². The molecule has 20 heavy (non-hydrogen) atoms. The molecule has 1 fully saturated rings. The summed E-state index contributed by atoms with van der Waals surface area (Å²) in [6, 6.07) is 1.37. The molecule has 2 N–H and O–H groups in total. The Kier molecular flexibility index (Phi) is 4.70. The van der Waals surface area contributed by atoms with E-state index in [4.69, 9.17) is 5.73 Å². The first kappa shape index (κ1) is 15.3. The lowest BCUT2D eigenvalue weighted by Gasteiger charge is -2.42. The van der Waals surface area contributed by atoms with Crippen molar-refractivity contribution < 1.29 is 13.2 Å². The van der Waals surface area contributed by atoms with Crippen molar-refractivity contribution in [3.05, 3.63) is 35.1 Å². The van der Waals surface area contributed by atoms with Crippen molar-refractivity contribution in [3.8, 4) is 0 Å². The molecular formula is C15H21F3N2. The molecule has 1 aromatic carbocycles. The molecule has 0 bridgehead atoms. The highest BCUT2D eigenvalue weighted by Crippen LogP contribution is 2.32. The molecule has 1 saturated heterocycles. The van der Waals surface area contributed by atoms with Gasteiger partial charge in [-0.05, 0) is 38.3 Å². The number of likely N-dealkylation sites (tertiary alicyclic amines) is 1. The molecule has 5 heteroatoms. The van der Waals surface area contributed by atoms with Crippen LogP contribution in [-0.2, 0) is 0 Å². The van der Waals surface area contributed by atoms with E-state index < -0.39 is 23.5 Å². The van der Waals surface area contributed by atoms with E-state index in [0.29, 0.717) is 12.0 Å². The highest BCUT2D eigenvalue weighted by Gasteiger charge is 2.32. The van der Waals surface area contributed by atoms with Crippen molar-refractivity contribution in [1.82, 2.24) is 4.90 Å². The highest BCUT2D eigenvalue weighted by atomic mass is 19.2. The van der Waals surface area contributed by atoms with Gasteiger partial charge in [-0.2, -0.15) is 0 Å². The number of halogens is 3. The van der Waals surface area contributed by atoms with Gasteiger partial charge in [0, 0.05) is 24.2 Å². The molecule has 1 aromatic rings. The van der Waals surface area contributed by atoms with E-state index in [-0.39, 0.29) is 18.2 Å². The number of hydrogen-bond donors (Lipinski definition) is 1. The van der Waals surface area contributed by atoms with E-state index in [0.717, 1.165) is 25.5 Å². The summed E-state index contributed by atoms with van der Waals surface area (Å²) in [7, 11) is 0. The molecular weight excluding hydrogens is 265 g/mol. The van der Waals surface area contributed by atoms with Crippen LogP contribution in [0, 0.1) is 23.4 Å². The first-order valence-corrected chi connectivity index (χ1v) is 7.06. The van der Waals surface area contributed by atoms with Crippen LogP contribution in [0.2, 0.25) is 0 Å². The summed E-state index contributed by atoms with van der Waals surface area (Å²) in [6.45, 7) is 5.20. The smallest absolute Gasteiger partial charge is 0.161 e. The van der Waals surface area contributed by atoms with Crippen LogP contribution in [0.3, 0.4) is 0 Å². The maximum atomic E-state index is 14.0. The third-order valence-electron chi connectivity index (χ3n) is 4.44. The molecule has 1 heterocycles. The molecule has 0 aromatic heterocycles. The normalized spacial score (nSPS) is 25.7. The number of nitrogens with zero attached hydrogens (tertiary/aromatic N) is 1. The summed E-state index contributed by atoms with van der Waals surface area (Å²) in [6.07, 6.45) is 2.13. The fraction of sp³-hybridized carbons (Fsp3) is 0.600. The fourth-order valence-corrected chi connectivity index (χ4v) is 3.04. The molecule has 112 valence electrons. The number of piperidine rings is 1. The Morgan fingerprint density at radius 2 is 1.85 bits per heavy atom. The average Bonchev–Trinajstić information content (AvgIpc) is 2.41. The molecule has 0 spiro atoms. The van der Waals surface area contributed by atoms with Gasteiger partial charge >= 0.3 is 0 Å². The van der Waals surface area contributed by atoms with Crippen molar-refractivity contribution in [3.63, 3.8) is 0 Å². The Morgan fingerprint density at radius 1 is 1.20 bits per heavy atom. The van der Waals surface area contributed by atoms with Crippen LogP contribution in [0.15, 0.2) is 12.1 Å². The van der Waals surface area contributed by atoms with Crippen molar-refractivity contribution in [2.75, 3.05) is 13.1 Å². The van der Waals surface area contributed by atoms with Crippen LogP contribution >= 0.6 is 0 Å². The van der Waals surface area contributed by atoms with Crippen molar-refractivity contribution >= 4 is 0 Å². The van der Waals surface area contributed by atoms with Gasteiger partial charge in [-0.3, -0.25) is 4.90 Å². The minimum absolute atomic E-state index is 0.146. The standard InChI is InChI=1S/C15H21F3N2/c1-9-4-3-5-20(10(9)2)15(8-19)11-6-13(17)14(18)7-12(11)16/h6-7,9-10,15H,3-5,8,19H2,1-2H3. The van der Waals surface area contributed by atoms with Gasteiger partial charge in [0.25, 0.3) is 0 Å². The molecule has 3 unspecified atom stereocenters. The first-order valence-electron chi connectivity index (χ1n) is 7.06. The van der Waals surface area contributed by atoms with E-state index in [9.17, 15) is 13.2 Å². The first-order chi connectivity index (χ1) is 9.45. The Bertz CT molecular complexity index is 478. The lowest BCUT2D eigenvalue weighted by atomic mass is 9.89. The summed E-state index contributed by atoms with van der Waals surface area (Å²) in [5.74, 6) is -2.45. The summed E-state index contributed by atoms with van der Waals surface area (Å²) >= 11 is 0. The molecule has 0 amide bonds. The Hall–Kier alpha value is -1.07. The van der Waals surface area contributed by atoms with E-state index in [1.807, 2.05) is 0 Å². The van der Waals surface area contributed by atoms with Gasteiger partial charge in [0.15, 0.2) is 11.6 Å².